The molecule has 1 atom stereocenters. The van der Waals surface area contributed by atoms with Gasteiger partial charge in [0.15, 0.2) is 0 Å². The van der Waals surface area contributed by atoms with Gasteiger partial charge >= 0.3 is 0 Å². The van der Waals surface area contributed by atoms with E-state index in [9.17, 15) is 0 Å². The first-order valence-corrected chi connectivity index (χ1v) is 12.6. The van der Waals surface area contributed by atoms with Crippen LogP contribution in [0.5, 0.6) is 5.75 Å². The van der Waals surface area contributed by atoms with Crippen LogP contribution in [0.3, 0.4) is 0 Å². The molecule has 0 aliphatic carbocycles. The van der Waals surface area contributed by atoms with Crippen molar-refractivity contribution in [2.24, 2.45) is 0 Å². The maximum Gasteiger partial charge on any atom is 0.242 e. The molecule has 0 saturated carbocycles. The predicted octanol–water partition coefficient (Wildman–Crippen LogP) is 5.27. The van der Waals surface area contributed by atoms with Gasteiger partial charge in [-0.05, 0) is 43.8 Å². The monoisotopic (exact) mass is 406 g/mol. The van der Waals surface area contributed by atoms with Crippen LogP contribution < -0.4 is 9.74 Å². The SMILES string of the molecule is CCCCC[C@@H](c1ccc(O[Si](C)(C)C)cc1)N1CCNCC1.Cl.Cl. The van der Waals surface area contributed by atoms with E-state index in [0.29, 0.717) is 6.04 Å². The van der Waals surface area contributed by atoms with Crippen molar-refractivity contribution in [2.45, 2.75) is 58.3 Å². The summed E-state index contributed by atoms with van der Waals surface area (Å²) in [6.45, 7) is 13.5. The normalized spacial score (nSPS) is 16.5. The predicted molar refractivity (Wildman–Crippen MR) is 116 cm³/mol. The van der Waals surface area contributed by atoms with Crippen molar-refractivity contribution >= 4 is 33.1 Å². The third-order valence-corrected chi connectivity index (χ3v) is 5.21. The highest BCUT2D eigenvalue weighted by atomic mass is 35.5. The van der Waals surface area contributed by atoms with Crippen LogP contribution in [0.1, 0.15) is 44.2 Å². The van der Waals surface area contributed by atoms with Gasteiger partial charge in [-0.2, -0.15) is 0 Å². The molecule has 0 amide bonds. The molecule has 6 heteroatoms. The maximum absolute atomic E-state index is 6.10. The number of unbranched alkanes of at least 4 members (excludes halogenated alkanes) is 2. The van der Waals surface area contributed by atoms with E-state index < -0.39 is 8.32 Å². The van der Waals surface area contributed by atoms with Gasteiger partial charge in [-0.3, -0.25) is 4.90 Å². The molecule has 1 fully saturated rings. The van der Waals surface area contributed by atoms with Crippen molar-refractivity contribution in [1.29, 1.82) is 0 Å². The molecule has 0 spiro atoms. The highest BCUT2D eigenvalue weighted by Crippen LogP contribution is 2.29. The Labute approximate surface area is 167 Å². The summed E-state index contributed by atoms with van der Waals surface area (Å²) in [5, 5.41) is 3.47. The van der Waals surface area contributed by atoms with Crippen LogP contribution >= 0.6 is 24.8 Å². The van der Waals surface area contributed by atoms with E-state index in [1.807, 2.05) is 0 Å². The molecule has 1 aromatic rings. The molecule has 1 N–H and O–H groups in total. The van der Waals surface area contributed by atoms with Gasteiger partial charge in [0, 0.05) is 32.2 Å². The number of piperazine rings is 1. The molecule has 0 aromatic heterocycles. The number of halogens is 2. The molecular weight excluding hydrogens is 371 g/mol. The summed E-state index contributed by atoms with van der Waals surface area (Å²) in [5.41, 5.74) is 1.45. The molecule has 25 heavy (non-hydrogen) atoms. The Balaban J connectivity index is 0.00000288. The summed E-state index contributed by atoms with van der Waals surface area (Å²) in [6, 6.07) is 9.47. The minimum absolute atomic E-state index is 0. The minimum atomic E-state index is -1.52. The zero-order valence-corrected chi connectivity index (χ0v) is 18.8. The Hall–Kier alpha value is -0.263. The largest absolute Gasteiger partial charge is 0.544 e. The summed E-state index contributed by atoms with van der Waals surface area (Å²) in [5.74, 6) is 1.03. The lowest BCUT2D eigenvalue weighted by atomic mass is 9.98. The number of rotatable bonds is 8. The van der Waals surface area contributed by atoms with E-state index >= 15 is 0 Å². The van der Waals surface area contributed by atoms with Gasteiger partial charge in [0.05, 0.1) is 0 Å². The fraction of sp³-hybridized carbons (Fsp3) is 0.684. The van der Waals surface area contributed by atoms with Gasteiger partial charge in [0.2, 0.25) is 8.32 Å². The van der Waals surface area contributed by atoms with E-state index in [1.54, 1.807) is 0 Å². The molecule has 0 unspecified atom stereocenters. The molecular formula is C19H36Cl2N2OSi. The van der Waals surface area contributed by atoms with E-state index in [1.165, 1.54) is 31.2 Å². The summed E-state index contributed by atoms with van der Waals surface area (Å²) in [6.07, 6.45) is 5.21. The van der Waals surface area contributed by atoms with Crippen molar-refractivity contribution in [3.63, 3.8) is 0 Å². The number of hydrogen-bond acceptors (Lipinski definition) is 3. The molecule has 1 aromatic carbocycles. The van der Waals surface area contributed by atoms with Crippen LogP contribution in [0.2, 0.25) is 19.6 Å². The standard InChI is InChI=1S/C19H34N2OSi.2ClH/c1-5-6-7-8-19(21-15-13-20-14-16-21)17-9-11-18(12-10-17)22-23(2,3)4;;/h9-12,19-20H,5-8,13-16H2,1-4H3;2*1H/t19-;;/m0../s1. The number of nitrogens with one attached hydrogen (secondary N) is 1. The van der Waals surface area contributed by atoms with Crippen molar-refractivity contribution in [3.8, 4) is 5.75 Å². The summed E-state index contributed by atoms with van der Waals surface area (Å²) >= 11 is 0. The lowest BCUT2D eigenvalue weighted by Gasteiger charge is -2.35. The Morgan fingerprint density at radius 2 is 1.64 bits per heavy atom. The van der Waals surface area contributed by atoms with Crippen LogP contribution in [0.4, 0.5) is 0 Å². The minimum Gasteiger partial charge on any atom is -0.544 e. The molecule has 3 nitrogen and oxygen atoms in total. The van der Waals surface area contributed by atoms with Crippen molar-refractivity contribution < 1.29 is 4.43 Å². The topological polar surface area (TPSA) is 24.5 Å². The van der Waals surface area contributed by atoms with Gasteiger partial charge in [-0.25, -0.2) is 0 Å². The van der Waals surface area contributed by atoms with Crippen LogP contribution in [-0.4, -0.2) is 39.4 Å². The number of nitrogens with zero attached hydrogens (tertiary/aromatic N) is 1. The Morgan fingerprint density at radius 1 is 1.04 bits per heavy atom. The van der Waals surface area contributed by atoms with Gasteiger partial charge in [-0.15, -0.1) is 24.8 Å². The van der Waals surface area contributed by atoms with Gasteiger partial charge < -0.3 is 9.74 Å². The third kappa shape index (κ3) is 8.78. The van der Waals surface area contributed by atoms with Crippen LogP contribution in [0.15, 0.2) is 24.3 Å². The van der Waals surface area contributed by atoms with E-state index in [2.05, 4.69) is 61.0 Å². The maximum atomic E-state index is 6.10. The summed E-state index contributed by atoms with van der Waals surface area (Å²) in [4.78, 5) is 2.65. The molecule has 1 heterocycles. The Bertz CT molecular complexity index is 459. The van der Waals surface area contributed by atoms with Crippen molar-refractivity contribution in [3.05, 3.63) is 29.8 Å². The second-order valence-electron chi connectivity index (χ2n) is 7.58. The average molecular weight is 408 g/mol. The van der Waals surface area contributed by atoms with Crippen LogP contribution in [0.25, 0.3) is 0 Å². The van der Waals surface area contributed by atoms with Crippen LogP contribution in [0, 0.1) is 0 Å². The Kier molecular flexibility index (Phi) is 12.1. The smallest absolute Gasteiger partial charge is 0.242 e. The highest BCUT2D eigenvalue weighted by Gasteiger charge is 2.22. The van der Waals surface area contributed by atoms with Crippen molar-refractivity contribution in [2.75, 3.05) is 26.2 Å². The number of benzene rings is 1. The van der Waals surface area contributed by atoms with Gasteiger partial charge in [-0.1, -0.05) is 38.3 Å². The fourth-order valence-electron chi connectivity index (χ4n) is 3.25. The molecule has 146 valence electrons. The summed E-state index contributed by atoms with van der Waals surface area (Å²) in [7, 11) is -1.52. The zero-order chi connectivity index (χ0) is 16.7. The second-order valence-corrected chi connectivity index (χ2v) is 12.0. The second kappa shape index (κ2) is 12.2. The van der Waals surface area contributed by atoms with E-state index in [4.69, 9.17) is 4.43 Å². The van der Waals surface area contributed by atoms with Crippen LogP contribution in [-0.2, 0) is 0 Å². The third-order valence-electron chi connectivity index (χ3n) is 4.36. The summed E-state index contributed by atoms with van der Waals surface area (Å²) < 4.78 is 6.10. The van der Waals surface area contributed by atoms with Gasteiger partial charge in [0.25, 0.3) is 0 Å². The Morgan fingerprint density at radius 3 is 2.16 bits per heavy atom. The van der Waals surface area contributed by atoms with E-state index in [0.717, 1.165) is 31.9 Å². The lowest BCUT2D eigenvalue weighted by Crippen LogP contribution is -2.45. The first-order valence-electron chi connectivity index (χ1n) is 9.23. The molecule has 0 radical (unpaired) electrons. The molecule has 1 aliphatic heterocycles. The highest BCUT2D eigenvalue weighted by molar-refractivity contribution is 6.70. The van der Waals surface area contributed by atoms with E-state index in [-0.39, 0.29) is 24.8 Å². The molecule has 2 rings (SSSR count). The first-order chi connectivity index (χ1) is 11.0. The first kappa shape index (κ1) is 24.7. The average Bonchev–Trinajstić information content (AvgIpc) is 2.52. The fourth-order valence-corrected chi connectivity index (χ4v) is 4.10. The molecule has 1 aliphatic rings. The zero-order valence-electron chi connectivity index (χ0n) is 16.2. The number of hydrogen-bond donors (Lipinski definition) is 1. The van der Waals surface area contributed by atoms with Crippen molar-refractivity contribution in [1.82, 2.24) is 10.2 Å². The molecule has 1 saturated heterocycles. The van der Waals surface area contributed by atoms with Gasteiger partial charge in [0.1, 0.15) is 5.75 Å². The quantitative estimate of drug-likeness (QED) is 0.469. The molecule has 0 bridgehead atoms. The lowest BCUT2D eigenvalue weighted by molar-refractivity contribution is 0.162.